The van der Waals surface area contributed by atoms with E-state index >= 15 is 0 Å². The summed E-state index contributed by atoms with van der Waals surface area (Å²) in [6, 6.07) is 18.8. The van der Waals surface area contributed by atoms with E-state index in [1.165, 1.54) is 16.8 Å². The first-order valence-electron chi connectivity index (χ1n) is 11.1. The molecule has 2 aromatic rings. The van der Waals surface area contributed by atoms with E-state index in [2.05, 4.69) is 20.7 Å². The molecule has 0 fully saturated rings. The van der Waals surface area contributed by atoms with E-state index in [0.29, 0.717) is 19.5 Å². The van der Waals surface area contributed by atoms with Gasteiger partial charge in [-0.25, -0.2) is 0 Å². The molecule has 2 rings (SSSR count). The van der Waals surface area contributed by atoms with E-state index in [9.17, 15) is 14.4 Å². The van der Waals surface area contributed by atoms with Crippen LogP contribution in [0.2, 0.25) is 0 Å². The summed E-state index contributed by atoms with van der Waals surface area (Å²) in [5, 5.41) is 9.04. The molecule has 0 aliphatic heterocycles. The van der Waals surface area contributed by atoms with Crippen LogP contribution in [0.15, 0.2) is 65.8 Å². The van der Waals surface area contributed by atoms with Crippen LogP contribution < -0.4 is 10.6 Å². The summed E-state index contributed by atoms with van der Waals surface area (Å²) in [6.07, 6.45) is 0.603. The Hall–Kier alpha value is -3.88. The molecule has 0 atom stereocenters. The number of nitrogens with zero attached hydrogens (tertiary/aromatic N) is 5. The first-order valence-corrected chi connectivity index (χ1v) is 11.1. The van der Waals surface area contributed by atoms with E-state index in [-0.39, 0.29) is 50.4 Å². The number of benzene rings is 2. The van der Waals surface area contributed by atoms with Gasteiger partial charge in [0.1, 0.15) is 6.54 Å². The highest BCUT2D eigenvalue weighted by Crippen LogP contribution is 2.09. The van der Waals surface area contributed by atoms with Gasteiger partial charge in [-0.3, -0.25) is 14.4 Å². The van der Waals surface area contributed by atoms with Gasteiger partial charge in [-0.2, -0.15) is 0 Å². The van der Waals surface area contributed by atoms with Gasteiger partial charge in [0.05, 0.1) is 13.1 Å². The molecule has 10 nitrogen and oxygen atoms in total. The molecule has 0 radical (unpaired) electrons. The van der Waals surface area contributed by atoms with E-state index in [1.807, 2.05) is 60.7 Å². The molecule has 0 saturated heterocycles. The molecule has 0 spiro atoms. The van der Waals surface area contributed by atoms with Gasteiger partial charge >= 0.3 is 0 Å². The average molecular weight is 466 g/mol. The van der Waals surface area contributed by atoms with Gasteiger partial charge in [0.25, 0.3) is 0 Å². The van der Waals surface area contributed by atoms with Crippen molar-refractivity contribution < 1.29 is 14.4 Å². The van der Waals surface area contributed by atoms with Crippen LogP contribution in [0.5, 0.6) is 0 Å². The summed E-state index contributed by atoms with van der Waals surface area (Å²) in [4.78, 5) is 43.9. The first-order chi connectivity index (χ1) is 16.5. The number of amides is 3. The van der Waals surface area contributed by atoms with E-state index in [1.54, 1.807) is 0 Å². The summed E-state index contributed by atoms with van der Waals surface area (Å²) < 4.78 is 0. The van der Waals surface area contributed by atoms with Crippen LogP contribution in [0.25, 0.3) is 10.4 Å². The summed E-state index contributed by atoms with van der Waals surface area (Å²) in [6.45, 7) is 1.17. The van der Waals surface area contributed by atoms with Crippen molar-refractivity contribution in [3.05, 3.63) is 82.2 Å². The van der Waals surface area contributed by atoms with Crippen molar-refractivity contribution in [3.8, 4) is 0 Å². The number of hydrogen-bond donors (Lipinski definition) is 2. The van der Waals surface area contributed by atoms with E-state index in [0.717, 1.165) is 11.1 Å². The SMILES string of the molecule is CNC(=O)CN(Cc1ccccc1)C(=O)CN(Cc1ccccc1)C(=O)CNCCCN=[N+]=[N-]. The molecule has 34 heavy (non-hydrogen) atoms. The van der Waals surface area contributed by atoms with E-state index < -0.39 is 0 Å². The second-order valence-corrected chi connectivity index (χ2v) is 7.63. The maximum absolute atomic E-state index is 13.2. The van der Waals surface area contributed by atoms with Gasteiger partial charge in [0.15, 0.2) is 0 Å². The normalized spacial score (nSPS) is 10.1. The minimum Gasteiger partial charge on any atom is -0.358 e. The van der Waals surface area contributed by atoms with Gasteiger partial charge in [-0.15, -0.1) is 0 Å². The molecule has 2 N–H and O–H groups in total. The summed E-state index contributed by atoms with van der Waals surface area (Å²) >= 11 is 0. The molecule has 0 saturated carbocycles. The zero-order valence-electron chi connectivity index (χ0n) is 19.4. The topological polar surface area (TPSA) is 131 Å². The zero-order valence-corrected chi connectivity index (χ0v) is 19.4. The Balaban J connectivity index is 2.10. The van der Waals surface area contributed by atoms with Crippen LogP contribution in [0.1, 0.15) is 17.5 Å². The van der Waals surface area contributed by atoms with Crippen molar-refractivity contribution in [2.45, 2.75) is 19.5 Å². The summed E-state index contributed by atoms with van der Waals surface area (Å²) in [5.74, 6) is -0.840. The number of carbonyl (C=O) groups is 3. The van der Waals surface area contributed by atoms with Crippen molar-refractivity contribution in [2.75, 3.05) is 39.8 Å². The van der Waals surface area contributed by atoms with Crippen LogP contribution in [0.4, 0.5) is 0 Å². The Morgan fingerprint density at radius 2 is 1.44 bits per heavy atom. The van der Waals surface area contributed by atoms with Crippen LogP contribution in [-0.2, 0) is 27.5 Å². The second-order valence-electron chi connectivity index (χ2n) is 7.63. The fraction of sp³-hybridized carbons (Fsp3) is 0.375. The Morgan fingerprint density at radius 3 is 1.97 bits per heavy atom. The molecular weight excluding hydrogens is 434 g/mol. The third kappa shape index (κ3) is 9.72. The number of rotatable bonds is 14. The minimum atomic E-state index is -0.319. The Labute approximate surface area is 199 Å². The van der Waals surface area contributed by atoms with Crippen molar-refractivity contribution in [1.29, 1.82) is 0 Å². The van der Waals surface area contributed by atoms with Crippen molar-refractivity contribution in [2.24, 2.45) is 5.11 Å². The molecule has 2 aromatic carbocycles. The van der Waals surface area contributed by atoms with Crippen LogP contribution >= 0.6 is 0 Å². The highest BCUT2D eigenvalue weighted by Gasteiger charge is 2.23. The first kappa shape index (κ1) is 26.4. The van der Waals surface area contributed by atoms with Crippen molar-refractivity contribution in [1.82, 2.24) is 20.4 Å². The number of hydrogen-bond acceptors (Lipinski definition) is 5. The number of carbonyl (C=O) groups excluding carboxylic acids is 3. The zero-order chi connectivity index (χ0) is 24.6. The smallest absolute Gasteiger partial charge is 0.242 e. The van der Waals surface area contributed by atoms with Gasteiger partial charge in [0.2, 0.25) is 17.7 Å². The lowest BCUT2D eigenvalue weighted by Gasteiger charge is -2.28. The van der Waals surface area contributed by atoms with Gasteiger partial charge in [0, 0.05) is 31.6 Å². The van der Waals surface area contributed by atoms with Crippen LogP contribution in [0, 0.1) is 0 Å². The fourth-order valence-electron chi connectivity index (χ4n) is 3.21. The number of azide groups is 1. The predicted octanol–water partition coefficient (Wildman–Crippen LogP) is 2.08. The molecular formula is C24H31N7O3. The lowest BCUT2D eigenvalue weighted by Crippen LogP contribution is -2.47. The van der Waals surface area contributed by atoms with E-state index in [4.69, 9.17) is 5.53 Å². The quantitative estimate of drug-likeness (QED) is 0.191. The highest BCUT2D eigenvalue weighted by molar-refractivity contribution is 5.88. The standard InChI is InChI=1S/C24H31N7O3/c1-26-22(32)18-30(16-20-9-4-2-5-10-20)24(34)19-31(17-21-11-6-3-7-12-21)23(33)15-27-13-8-14-28-29-25/h2-7,9-12,27H,8,13-19H2,1H3,(H,26,32). The molecule has 0 aliphatic rings. The third-order valence-corrected chi connectivity index (χ3v) is 5.03. The molecule has 3 amide bonds. The predicted molar refractivity (Wildman–Crippen MR) is 129 cm³/mol. The highest BCUT2D eigenvalue weighted by atomic mass is 16.2. The van der Waals surface area contributed by atoms with Crippen LogP contribution in [-0.4, -0.2) is 67.3 Å². The fourth-order valence-corrected chi connectivity index (χ4v) is 3.21. The maximum atomic E-state index is 13.2. The number of nitrogens with one attached hydrogen (secondary N) is 2. The van der Waals surface area contributed by atoms with Crippen molar-refractivity contribution >= 4 is 17.7 Å². The van der Waals surface area contributed by atoms with Crippen LogP contribution in [0.3, 0.4) is 0 Å². The Morgan fingerprint density at radius 1 is 0.882 bits per heavy atom. The summed E-state index contributed by atoms with van der Waals surface area (Å²) in [5.41, 5.74) is 10.1. The Kier molecular flexibility index (Phi) is 11.7. The van der Waals surface area contributed by atoms with Crippen molar-refractivity contribution in [3.63, 3.8) is 0 Å². The molecule has 0 aliphatic carbocycles. The molecule has 180 valence electrons. The molecule has 0 heterocycles. The van der Waals surface area contributed by atoms with Gasteiger partial charge in [-0.05, 0) is 29.6 Å². The number of likely N-dealkylation sites (N-methyl/N-ethyl adjacent to an activating group) is 1. The summed E-state index contributed by atoms with van der Waals surface area (Å²) in [7, 11) is 1.52. The van der Waals surface area contributed by atoms with Gasteiger partial charge in [-0.1, -0.05) is 65.8 Å². The lowest BCUT2D eigenvalue weighted by atomic mass is 10.2. The molecule has 0 bridgehead atoms. The second kappa shape index (κ2) is 15.0. The maximum Gasteiger partial charge on any atom is 0.242 e. The molecule has 10 heteroatoms. The minimum absolute atomic E-state index is 0.0461. The lowest BCUT2D eigenvalue weighted by molar-refractivity contribution is -0.142. The Bertz CT molecular complexity index is 963. The molecule has 0 unspecified atom stereocenters. The molecule has 0 aromatic heterocycles. The monoisotopic (exact) mass is 465 g/mol. The third-order valence-electron chi connectivity index (χ3n) is 5.03. The largest absolute Gasteiger partial charge is 0.358 e. The average Bonchev–Trinajstić information content (AvgIpc) is 2.86. The van der Waals surface area contributed by atoms with Gasteiger partial charge < -0.3 is 20.4 Å².